The maximum atomic E-state index is 4.48. The Bertz CT molecular complexity index is 582. The van der Waals surface area contributed by atoms with Gasteiger partial charge in [0.1, 0.15) is 0 Å². The predicted molar refractivity (Wildman–Crippen MR) is 82.2 cm³/mol. The van der Waals surface area contributed by atoms with Crippen LogP contribution in [-0.2, 0) is 5.54 Å². The second-order valence-corrected chi connectivity index (χ2v) is 5.42. The number of benzene rings is 1. The lowest BCUT2D eigenvalue weighted by Crippen LogP contribution is -2.27. The fourth-order valence-corrected chi connectivity index (χ4v) is 2.32. The summed E-state index contributed by atoms with van der Waals surface area (Å²) in [6.07, 6.45) is 8.08. The zero-order valence-corrected chi connectivity index (χ0v) is 11.8. The van der Waals surface area contributed by atoms with E-state index in [4.69, 9.17) is 0 Å². The first kappa shape index (κ1) is 13.6. The number of hydrogen-bond acceptors (Lipinski definition) is 1. The van der Waals surface area contributed by atoms with Crippen LogP contribution in [0.4, 0.5) is 0 Å². The molecule has 100 valence electrons. The lowest BCUT2D eigenvalue weighted by Gasteiger charge is -2.29. The number of rotatable bonds is 6. The normalized spacial score (nSPS) is 15.9. The first-order valence-corrected chi connectivity index (χ1v) is 6.79. The number of fused-ring (bicyclic) bond motifs is 1. The van der Waals surface area contributed by atoms with Gasteiger partial charge in [-0.25, -0.2) is 4.98 Å². The average molecular weight is 254 g/mol. The molecule has 0 saturated carbocycles. The summed E-state index contributed by atoms with van der Waals surface area (Å²) in [5.41, 5.74) is 2.09. The maximum absolute atomic E-state index is 4.48. The van der Waals surface area contributed by atoms with Gasteiger partial charge < -0.3 is 4.57 Å². The molecule has 0 aliphatic carbocycles. The van der Waals surface area contributed by atoms with Gasteiger partial charge in [0.25, 0.3) is 0 Å². The molecule has 1 heterocycles. The van der Waals surface area contributed by atoms with Crippen LogP contribution in [0.5, 0.6) is 0 Å². The Hall–Kier alpha value is -1.83. The van der Waals surface area contributed by atoms with Crippen molar-refractivity contribution >= 4 is 11.0 Å². The molecule has 0 radical (unpaired) electrons. The van der Waals surface area contributed by atoms with Crippen LogP contribution < -0.4 is 0 Å². The van der Waals surface area contributed by atoms with Crippen molar-refractivity contribution in [2.45, 2.75) is 32.2 Å². The topological polar surface area (TPSA) is 17.8 Å². The molecule has 2 unspecified atom stereocenters. The molecule has 19 heavy (non-hydrogen) atoms. The highest BCUT2D eigenvalue weighted by atomic mass is 15.1. The van der Waals surface area contributed by atoms with E-state index in [0.29, 0.717) is 5.92 Å². The largest absolute Gasteiger partial charge is 0.321 e. The van der Waals surface area contributed by atoms with Gasteiger partial charge in [-0.3, -0.25) is 0 Å². The molecular weight excluding hydrogens is 232 g/mol. The quantitative estimate of drug-likeness (QED) is 0.692. The Morgan fingerprint density at radius 1 is 1.37 bits per heavy atom. The highest BCUT2D eigenvalue weighted by Gasteiger charge is 2.24. The SMILES string of the molecule is C=CC(C)CCC(C)(C=C)n1cnc2ccccc21. The van der Waals surface area contributed by atoms with Crippen LogP contribution in [0.2, 0.25) is 0 Å². The monoisotopic (exact) mass is 254 g/mol. The van der Waals surface area contributed by atoms with Crippen molar-refractivity contribution in [3.8, 4) is 0 Å². The molecule has 0 fully saturated rings. The third kappa shape index (κ3) is 2.62. The van der Waals surface area contributed by atoms with E-state index >= 15 is 0 Å². The van der Waals surface area contributed by atoms with Crippen LogP contribution >= 0.6 is 0 Å². The number of imidazole rings is 1. The first-order chi connectivity index (χ1) is 9.10. The predicted octanol–water partition coefficient (Wildman–Crippen LogP) is 4.54. The molecule has 2 atom stereocenters. The van der Waals surface area contributed by atoms with E-state index in [-0.39, 0.29) is 5.54 Å². The molecule has 0 aliphatic heterocycles. The lowest BCUT2D eigenvalue weighted by atomic mass is 9.91. The highest BCUT2D eigenvalue weighted by Crippen LogP contribution is 2.29. The molecule has 2 aromatic rings. The van der Waals surface area contributed by atoms with Crippen LogP contribution in [0.1, 0.15) is 26.7 Å². The summed E-state index contributed by atoms with van der Waals surface area (Å²) in [5.74, 6) is 0.522. The van der Waals surface area contributed by atoms with E-state index in [2.05, 4.69) is 48.7 Å². The summed E-state index contributed by atoms with van der Waals surface area (Å²) in [6.45, 7) is 12.3. The van der Waals surface area contributed by atoms with E-state index in [1.54, 1.807) is 0 Å². The molecular formula is C17H22N2. The third-order valence-corrected chi connectivity index (χ3v) is 3.95. The number of aromatic nitrogens is 2. The Morgan fingerprint density at radius 2 is 2.11 bits per heavy atom. The summed E-state index contributed by atoms with van der Waals surface area (Å²) in [5, 5.41) is 0. The fourth-order valence-electron chi connectivity index (χ4n) is 2.32. The molecule has 0 bridgehead atoms. The smallest absolute Gasteiger partial charge is 0.0966 e. The van der Waals surface area contributed by atoms with Gasteiger partial charge in [0.15, 0.2) is 0 Å². The number of hydrogen-bond donors (Lipinski definition) is 0. The summed E-state index contributed by atoms with van der Waals surface area (Å²) in [6, 6.07) is 8.23. The molecule has 2 nitrogen and oxygen atoms in total. The molecule has 0 amide bonds. The zero-order valence-electron chi connectivity index (χ0n) is 11.8. The molecule has 2 heteroatoms. The number of para-hydroxylation sites is 2. The molecule has 1 aromatic heterocycles. The number of nitrogens with zero attached hydrogens (tertiary/aromatic N) is 2. The summed E-state index contributed by atoms with van der Waals surface area (Å²) in [4.78, 5) is 4.48. The van der Waals surface area contributed by atoms with E-state index in [9.17, 15) is 0 Å². The van der Waals surface area contributed by atoms with Gasteiger partial charge >= 0.3 is 0 Å². The van der Waals surface area contributed by atoms with Crippen LogP contribution in [0.15, 0.2) is 55.9 Å². The maximum Gasteiger partial charge on any atom is 0.0966 e. The van der Waals surface area contributed by atoms with Crippen LogP contribution in [0, 0.1) is 5.92 Å². The minimum absolute atomic E-state index is 0.104. The molecule has 0 N–H and O–H groups in total. The van der Waals surface area contributed by atoms with Crippen molar-refractivity contribution in [1.29, 1.82) is 0 Å². The average Bonchev–Trinajstić information content (AvgIpc) is 2.89. The van der Waals surface area contributed by atoms with Gasteiger partial charge in [0.2, 0.25) is 0 Å². The van der Waals surface area contributed by atoms with Gasteiger partial charge in [0.05, 0.1) is 22.9 Å². The van der Waals surface area contributed by atoms with Gasteiger partial charge in [0, 0.05) is 0 Å². The second kappa shape index (κ2) is 5.43. The Kier molecular flexibility index (Phi) is 3.89. The second-order valence-electron chi connectivity index (χ2n) is 5.42. The summed E-state index contributed by atoms with van der Waals surface area (Å²) >= 11 is 0. The van der Waals surface area contributed by atoms with Crippen molar-refractivity contribution < 1.29 is 0 Å². The van der Waals surface area contributed by atoms with Gasteiger partial charge in [-0.05, 0) is 37.8 Å². The van der Waals surface area contributed by atoms with Crippen molar-refractivity contribution in [3.05, 3.63) is 55.9 Å². The van der Waals surface area contributed by atoms with Crippen molar-refractivity contribution in [2.24, 2.45) is 5.92 Å². The molecule has 2 rings (SSSR count). The van der Waals surface area contributed by atoms with Gasteiger partial charge in [-0.1, -0.05) is 31.2 Å². The third-order valence-electron chi connectivity index (χ3n) is 3.95. The minimum atomic E-state index is -0.104. The van der Waals surface area contributed by atoms with Crippen LogP contribution in [-0.4, -0.2) is 9.55 Å². The van der Waals surface area contributed by atoms with Gasteiger partial charge in [-0.15, -0.1) is 13.2 Å². The lowest BCUT2D eigenvalue weighted by molar-refractivity contribution is 0.359. The summed E-state index contributed by atoms with van der Waals surface area (Å²) < 4.78 is 2.23. The first-order valence-electron chi connectivity index (χ1n) is 6.79. The van der Waals surface area contributed by atoms with Crippen LogP contribution in [0.25, 0.3) is 11.0 Å². The van der Waals surface area contributed by atoms with Crippen molar-refractivity contribution in [3.63, 3.8) is 0 Å². The Balaban J connectivity index is 2.34. The van der Waals surface area contributed by atoms with Crippen molar-refractivity contribution in [2.75, 3.05) is 0 Å². The van der Waals surface area contributed by atoms with Crippen LogP contribution in [0.3, 0.4) is 0 Å². The Morgan fingerprint density at radius 3 is 2.79 bits per heavy atom. The van der Waals surface area contributed by atoms with Crippen molar-refractivity contribution in [1.82, 2.24) is 9.55 Å². The fraction of sp³-hybridized carbons (Fsp3) is 0.353. The Labute approximate surface area is 115 Å². The van der Waals surface area contributed by atoms with E-state index in [1.165, 1.54) is 0 Å². The molecule has 1 aromatic carbocycles. The molecule has 0 aliphatic rings. The summed E-state index contributed by atoms with van der Waals surface area (Å²) in [7, 11) is 0. The molecule has 0 spiro atoms. The zero-order chi connectivity index (χ0) is 13.9. The standard InChI is InChI=1S/C17H22N2/c1-5-14(3)11-12-17(4,6-2)19-13-18-15-9-7-8-10-16(15)19/h5-10,13-14H,1-2,11-12H2,3-4H3. The minimum Gasteiger partial charge on any atom is -0.321 e. The highest BCUT2D eigenvalue weighted by molar-refractivity contribution is 5.75. The van der Waals surface area contributed by atoms with E-state index < -0.39 is 0 Å². The van der Waals surface area contributed by atoms with E-state index in [0.717, 1.165) is 23.9 Å². The van der Waals surface area contributed by atoms with E-state index in [1.807, 2.05) is 30.6 Å². The molecule has 0 saturated heterocycles. The van der Waals surface area contributed by atoms with Gasteiger partial charge in [-0.2, -0.15) is 0 Å². The number of allylic oxidation sites excluding steroid dienone is 2.